The van der Waals surface area contributed by atoms with Gasteiger partial charge in [-0.15, -0.1) is 0 Å². The molecule has 0 fully saturated rings. The van der Waals surface area contributed by atoms with Crippen molar-refractivity contribution in [2.75, 3.05) is 16.8 Å². The Morgan fingerprint density at radius 3 is 2.67 bits per heavy atom. The fourth-order valence-electron chi connectivity index (χ4n) is 1.75. The van der Waals surface area contributed by atoms with E-state index in [1.807, 2.05) is 12.1 Å². The van der Waals surface area contributed by atoms with Crippen LogP contribution in [0, 0.1) is 0 Å². The van der Waals surface area contributed by atoms with Crippen LogP contribution in [0.2, 0.25) is 0 Å². The van der Waals surface area contributed by atoms with Gasteiger partial charge in [-0.3, -0.25) is 9.00 Å². The van der Waals surface area contributed by atoms with Crippen molar-refractivity contribution in [3.8, 4) is 0 Å². The van der Waals surface area contributed by atoms with Gasteiger partial charge in [-0.2, -0.15) is 0 Å². The molecule has 0 spiro atoms. The van der Waals surface area contributed by atoms with Crippen LogP contribution in [0.25, 0.3) is 0 Å². The summed E-state index contributed by atoms with van der Waals surface area (Å²) < 4.78 is 13.0. The first kappa shape index (κ1) is 15.7. The maximum atomic E-state index is 12.1. The molecule has 21 heavy (non-hydrogen) atoms. The molecule has 1 amide bonds. The summed E-state index contributed by atoms with van der Waals surface area (Å²) in [5.74, 6) is 0.105. The van der Waals surface area contributed by atoms with Gasteiger partial charge < -0.3 is 11.1 Å². The molecule has 3 N–H and O–H groups in total. The van der Waals surface area contributed by atoms with Crippen molar-refractivity contribution < 1.29 is 9.00 Å². The Kier molecular flexibility index (Phi) is 5.52. The molecule has 2 rings (SSSR count). The molecule has 0 saturated carbocycles. The molecular formula is C15H15BrN2O2S. The van der Waals surface area contributed by atoms with E-state index in [-0.39, 0.29) is 18.1 Å². The number of halogens is 1. The Labute approximate surface area is 134 Å². The lowest BCUT2D eigenvalue weighted by atomic mass is 10.3. The quantitative estimate of drug-likeness (QED) is 0.798. The van der Waals surface area contributed by atoms with Crippen LogP contribution >= 0.6 is 15.9 Å². The molecular weight excluding hydrogens is 352 g/mol. The Hall–Kier alpha value is -1.66. The van der Waals surface area contributed by atoms with E-state index < -0.39 is 10.8 Å². The van der Waals surface area contributed by atoms with E-state index in [0.717, 1.165) is 4.47 Å². The molecule has 6 heteroatoms. The van der Waals surface area contributed by atoms with Crippen LogP contribution < -0.4 is 11.1 Å². The minimum Gasteiger partial charge on any atom is -0.399 e. The molecule has 0 heterocycles. The molecule has 0 aliphatic heterocycles. The first-order valence-electron chi connectivity index (χ1n) is 6.34. The van der Waals surface area contributed by atoms with Crippen LogP contribution in [-0.4, -0.2) is 15.9 Å². The van der Waals surface area contributed by atoms with E-state index in [0.29, 0.717) is 16.3 Å². The summed E-state index contributed by atoms with van der Waals surface area (Å²) in [4.78, 5) is 12.5. The molecule has 1 unspecified atom stereocenters. The van der Waals surface area contributed by atoms with Crippen LogP contribution in [0.1, 0.15) is 6.42 Å². The van der Waals surface area contributed by atoms with Crippen molar-refractivity contribution in [1.82, 2.24) is 0 Å². The van der Waals surface area contributed by atoms with Gasteiger partial charge in [0.2, 0.25) is 5.91 Å². The third kappa shape index (κ3) is 4.99. The van der Waals surface area contributed by atoms with Crippen molar-refractivity contribution in [1.29, 1.82) is 0 Å². The molecule has 0 aliphatic carbocycles. The zero-order valence-corrected chi connectivity index (χ0v) is 13.6. The first-order chi connectivity index (χ1) is 10.0. The smallest absolute Gasteiger partial charge is 0.225 e. The Balaban J connectivity index is 1.88. The summed E-state index contributed by atoms with van der Waals surface area (Å²) in [7, 11) is -1.19. The van der Waals surface area contributed by atoms with Crippen molar-refractivity contribution in [3.05, 3.63) is 53.0 Å². The van der Waals surface area contributed by atoms with Gasteiger partial charge in [0.25, 0.3) is 0 Å². The average molecular weight is 367 g/mol. The Bertz CT molecular complexity index is 676. The number of anilines is 2. The molecule has 4 nitrogen and oxygen atoms in total. The molecule has 0 saturated heterocycles. The maximum absolute atomic E-state index is 12.1. The maximum Gasteiger partial charge on any atom is 0.225 e. The molecule has 0 aliphatic rings. The average Bonchev–Trinajstić information content (AvgIpc) is 2.45. The fraction of sp³-hybridized carbons (Fsp3) is 0.133. The minimum atomic E-state index is -1.19. The number of hydrogen-bond donors (Lipinski definition) is 2. The summed E-state index contributed by atoms with van der Waals surface area (Å²) in [6.45, 7) is 0. The number of nitrogens with one attached hydrogen (secondary N) is 1. The lowest BCUT2D eigenvalue weighted by Gasteiger charge is -2.06. The van der Waals surface area contributed by atoms with Crippen LogP contribution in [0.15, 0.2) is 57.9 Å². The number of nitrogen functional groups attached to an aromatic ring is 1. The molecule has 0 bridgehead atoms. The lowest BCUT2D eigenvalue weighted by Crippen LogP contribution is -2.15. The van der Waals surface area contributed by atoms with Crippen LogP contribution in [0.5, 0.6) is 0 Å². The highest BCUT2D eigenvalue weighted by Crippen LogP contribution is 2.16. The van der Waals surface area contributed by atoms with Gasteiger partial charge in [-0.05, 0) is 36.4 Å². The molecule has 1 atom stereocenters. The normalized spacial score (nSPS) is 11.9. The van der Waals surface area contributed by atoms with E-state index in [9.17, 15) is 9.00 Å². The molecule has 0 radical (unpaired) electrons. The Morgan fingerprint density at radius 1 is 1.19 bits per heavy atom. The lowest BCUT2D eigenvalue weighted by molar-refractivity contribution is -0.115. The van der Waals surface area contributed by atoms with E-state index in [4.69, 9.17) is 5.73 Å². The largest absolute Gasteiger partial charge is 0.399 e. The second-order valence-corrected chi connectivity index (χ2v) is 6.92. The number of carbonyl (C=O) groups excluding carboxylic acids is 1. The topological polar surface area (TPSA) is 72.2 Å². The van der Waals surface area contributed by atoms with E-state index in [1.165, 1.54) is 0 Å². The van der Waals surface area contributed by atoms with Gasteiger partial charge >= 0.3 is 0 Å². The Morgan fingerprint density at radius 2 is 1.95 bits per heavy atom. The highest BCUT2D eigenvalue weighted by Gasteiger charge is 2.08. The second-order valence-electron chi connectivity index (χ2n) is 4.43. The number of benzene rings is 2. The number of hydrogen-bond acceptors (Lipinski definition) is 3. The summed E-state index contributed by atoms with van der Waals surface area (Å²) >= 11 is 3.34. The van der Waals surface area contributed by atoms with E-state index in [1.54, 1.807) is 36.4 Å². The molecule has 2 aromatic carbocycles. The summed E-state index contributed by atoms with van der Waals surface area (Å²) in [5, 5.41) is 2.74. The zero-order chi connectivity index (χ0) is 15.2. The van der Waals surface area contributed by atoms with Gasteiger partial charge in [-0.25, -0.2) is 0 Å². The van der Waals surface area contributed by atoms with E-state index in [2.05, 4.69) is 21.2 Å². The van der Waals surface area contributed by atoms with Crippen molar-refractivity contribution in [2.45, 2.75) is 11.3 Å². The molecule has 110 valence electrons. The third-order valence-electron chi connectivity index (χ3n) is 2.74. The fourth-order valence-corrected chi connectivity index (χ4v) is 3.40. The third-order valence-corrected chi connectivity index (χ3v) is 4.59. The zero-order valence-electron chi connectivity index (χ0n) is 11.2. The summed E-state index contributed by atoms with van der Waals surface area (Å²) in [5.41, 5.74) is 6.88. The molecule has 0 aromatic heterocycles. The van der Waals surface area contributed by atoms with Gasteiger partial charge in [0, 0.05) is 32.9 Å². The van der Waals surface area contributed by atoms with Gasteiger partial charge in [-0.1, -0.05) is 28.1 Å². The van der Waals surface area contributed by atoms with Crippen molar-refractivity contribution in [3.63, 3.8) is 0 Å². The minimum absolute atomic E-state index is 0.177. The van der Waals surface area contributed by atoms with Gasteiger partial charge in [0.15, 0.2) is 0 Å². The summed E-state index contributed by atoms with van der Waals surface area (Å²) in [6, 6.07) is 14.2. The van der Waals surface area contributed by atoms with Gasteiger partial charge in [0.1, 0.15) is 0 Å². The predicted molar refractivity (Wildman–Crippen MR) is 89.5 cm³/mol. The molecule has 2 aromatic rings. The number of rotatable bonds is 5. The SMILES string of the molecule is Nc1cccc(NC(=O)CCS(=O)c2cccc(Br)c2)c1. The van der Waals surface area contributed by atoms with Gasteiger partial charge in [0.05, 0.1) is 10.8 Å². The predicted octanol–water partition coefficient (Wildman–Crippen LogP) is 3.17. The van der Waals surface area contributed by atoms with Crippen LogP contribution in [0.3, 0.4) is 0 Å². The monoisotopic (exact) mass is 366 g/mol. The number of amides is 1. The summed E-state index contributed by atoms with van der Waals surface area (Å²) in [6.07, 6.45) is 0.188. The van der Waals surface area contributed by atoms with Crippen LogP contribution in [0.4, 0.5) is 11.4 Å². The first-order valence-corrected chi connectivity index (χ1v) is 8.45. The van der Waals surface area contributed by atoms with Crippen molar-refractivity contribution >= 4 is 44.0 Å². The van der Waals surface area contributed by atoms with Crippen molar-refractivity contribution in [2.24, 2.45) is 0 Å². The highest BCUT2D eigenvalue weighted by atomic mass is 79.9. The standard InChI is InChI=1S/C15H15BrN2O2S/c16-11-3-1-6-14(9-11)21(20)8-7-15(19)18-13-5-2-4-12(17)10-13/h1-6,9-10H,7-8,17H2,(H,18,19). The second kappa shape index (κ2) is 7.38. The number of carbonyl (C=O) groups is 1. The number of nitrogens with two attached hydrogens (primary N) is 1. The highest BCUT2D eigenvalue weighted by molar-refractivity contribution is 9.10. The van der Waals surface area contributed by atoms with Crippen LogP contribution in [-0.2, 0) is 15.6 Å². The van der Waals surface area contributed by atoms with E-state index >= 15 is 0 Å².